The summed E-state index contributed by atoms with van der Waals surface area (Å²) in [4.78, 5) is 0. The van der Waals surface area contributed by atoms with Crippen LogP contribution in [-0.4, -0.2) is 11.2 Å². The van der Waals surface area contributed by atoms with Crippen LogP contribution in [0.5, 0.6) is 0 Å². The molecular weight excluding hydrogens is 364 g/mol. The van der Waals surface area contributed by atoms with Gasteiger partial charge in [-0.25, -0.2) is 0 Å². The van der Waals surface area contributed by atoms with Crippen LogP contribution < -0.4 is 0 Å². The summed E-state index contributed by atoms with van der Waals surface area (Å²) in [6, 6.07) is 0. The first-order valence-electron chi connectivity index (χ1n) is 13.2. The largest absolute Gasteiger partial charge is 0.393 e. The number of allylic oxidation sites excluding steroid dienone is 4. The van der Waals surface area contributed by atoms with E-state index in [0.29, 0.717) is 22.7 Å². The predicted molar refractivity (Wildman–Crippen MR) is 128 cm³/mol. The third-order valence-electron chi connectivity index (χ3n) is 10.8. The molecule has 3 saturated carbocycles. The Labute approximate surface area is 186 Å². The molecule has 1 N–H and O–H groups in total. The minimum absolute atomic E-state index is 0.0449. The molecule has 0 aromatic rings. The van der Waals surface area contributed by atoms with Gasteiger partial charge in [-0.3, -0.25) is 0 Å². The van der Waals surface area contributed by atoms with Gasteiger partial charge in [0.2, 0.25) is 0 Å². The predicted octanol–water partition coefficient (Wildman–Crippen LogP) is 7.94. The first-order valence-corrected chi connectivity index (χ1v) is 13.2. The average Bonchev–Trinajstić information content (AvgIpc) is 3.06. The molecule has 0 heterocycles. The van der Waals surface area contributed by atoms with Crippen molar-refractivity contribution in [3.63, 3.8) is 0 Å². The van der Waals surface area contributed by atoms with E-state index < -0.39 is 0 Å². The van der Waals surface area contributed by atoms with Crippen molar-refractivity contribution in [3.8, 4) is 0 Å². The summed E-state index contributed by atoms with van der Waals surface area (Å²) in [5.41, 5.74) is 4.49. The second kappa shape index (κ2) is 8.42. The number of fused-ring (bicyclic) bond motifs is 5. The van der Waals surface area contributed by atoms with E-state index in [1.807, 2.05) is 5.57 Å². The molecule has 0 amide bonds. The Morgan fingerprint density at radius 3 is 2.47 bits per heavy atom. The molecule has 0 saturated heterocycles. The third-order valence-corrected chi connectivity index (χ3v) is 10.8. The van der Waals surface area contributed by atoms with Crippen LogP contribution in [0.3, 0.4) is 0 Å². The summed E-state index contributed by atoms with van der Waals surface area (Å²) < 4.78 is 0. The fourth-order valence-corrected chi connectivity index (χ4v) is 8.83. The number of rotatable bonds is 5. The Balaban J connectivity index is 1.50. The summed E-state index contributed by atoms with van der Waals surface area (Å²) in [6.45, 7) is 14.7. The van der Waals surface area contributed by atoms with Gasteiger partial charge >= 0.3 is 0 Å². The molecule has 0 aromatic heterocycles. The van der Waals surface area contributed by atoms with Gasteiger partial charge in [-0.15, -0.1) is 0 Å². The quantitative estimate of drug-likeness (QED) is 0.454. The van der Waals surface area contributed by atoms with Crippen molar-refractivity contribution in [2.45, 2.75) is 112 Å². The molecule has 0 spiro atoms. The Bertz CT molecular complexity index is 686. The van der Waals surface area contributed by atoms with E-state index in [2.05, 4.69) is 53.7 Å². The van der Waals surface area contributed by atoms with Gasteiger partial charge in [0.1, 0.15) is 0 Å². The molecule has 3 fully saturated rings. The van der Waals surface area contributed by atoms with Crippen LogP contribution in [0.1, 0.15) is 106 Å². The van der Waals surface area contributed by atoms with Crippen LogP contribution in [-0.2, 0) is 0 Å². The molecule has 4 aliphatic rings. The van der Waals surface area contributed by atoms with E-state index in [1.54, 1.807) is 5.57 Å². The van der Waals surface area contributed by atoms with Crippen molar-refractivity contribution in [2.75, 3.05) is 0 Å². The van der Waals surface area contributed by atoms with Gasteiger partial charge in [-0.05, 0) is 117 Å². The molecule has 170 valence electrons. The first kappa shape index (κ1) is 22.6. The van der Waals surface area contributed by atoms with Crippen LogP contribution in [0, 0.1) is 46.3 Å². The van der Waals surface area contributed by atoms with Gasteiger partial charge in [0.05, 0.1) is 6.10 Å². The van der Waals surface area contributed by atoms with Gasteiger partial charge in [-0.2, -0.15) is 0 Å². The number of aliphatic hydroxyl groups excluding tert-OH is 1. The van der Waals surface area contributed by atoms with Gasteiger partial charge in [-0.1, -0.05) is 57.9 Å². The maximum Gasteiger partial charge on any atom is 0.0543 e. The number of hydrogen-bond donors (Lipinski definition) is 1. The molecule has 1 unspecified atom stereocenters. The topological polar surface area (TPSA) is 20.2 Å². The van der Waals surface area contributed by atoms with Crippen molar-refractivity contribution in [3.05, 3.63) is 23.3 Å². The molecule has 1 heteroatoms. The van der Waals surface area contributed by atoms with Crippen LogP contribution in [0.2, 0.25) is 0 Å². The zero-order valence-corrected chi connectivity index (χ0v) is 20.7. The highest BCUT2D eigenvalue weighted by molar-refractivity contribution is 5.27. The second-order valence-electron chi connectivity index (χ2n) is 12.4. The monoisotopic (exact) mass is 412 g/mol. The van der Waals surface area contributed by atoms with E-state index >= 15 is 0 Å². The lowest BCUT2D eigenvalue weighted by Gasteiger charge is -2.57. The summed E-state index contributed by atoms with van der Waals surface area (Å²) >= 11 is 0. The van der Waals surface area contributed by atoms with Gasteiger partial charge < -0.3 is 5.11 Å². The zero-order chi connectivity index (χ0) is 21.7. The fourth-order valence-electron chi connectivity index (χ4n) is 8.83. The van der Waals surface area contributed by atoms with Gasteiger partial charge in [0.25, 0.3) is 0 Å². The Morgan fingerprint density at radius 1 is 1.07 bits per heavy atom. The lowest BCUT2D eigenvalue weighted by molar-refractivity contribution is -0.0427. The van der Waals surface area contributed by atoms with Crippen LogP contribution in [0.25, 0.3) is 0 Å². The molecule has 8 atom stereocenters. The minimum Gasteiger partial charge on any atom is -0.393 e. The van der Waals surface area contributed by atoms with Gasteiger partial charge in [0, 0.05) is 0 Å². The lowest BCUT2D eigenvalue weighted by atomic mass is 9.47. The maximum absolute atomic E-state index is 10.3. The Morgan fingerprint density at radius 2 is 1.77 bits per heavy atom. The molecular formula is C29H48O. The molecule has 1 nitrogen and oxygen atoms in total. The Hall–Kier alpha value is -0.560. The van der Waals surface area contributed by atoms with E-state index in [4.69, 9.17) is 0 Å². The molecule has 4 rings (SSSR count). The smallest absolute Gasteiger partial charge is 0.0543 e. The molecule has 30 heavy (non-hydrogen) atoms. The van der Waals surface area contributed by atoms with Crippen LogP contribution >= 0.6 is 0 Å². The number of hydrogen-bond acceptors (Lipinski definition) is 1. The van der Waals surface area contributed by atoms with Crippen molar-refractivity contribution in [1.29, 1.82) is 0 Å². The van der Waals surface area contributed by atoms with E-state index in [-0.39, 0.29) is 6.10 Å². The summed E-state index contributed by atoms with van der Waals surface area (Å²) in [6.07, 6.45) is 17.9. The fraction of sp³-hybridized carbons (Fsp3) is 0.862. The zero-order valence-electron chi connectivity index (χ0n) is 20.7. The highest BCUT2D eigenvalue weighted by Crippen LogP contribution is 2.67. The highest BCUT2D eigenvalue weighted by Gasteiger charge is 2.58. The van der Waals surface area contributed by atoms with E-state index in [0.717, 1.165) is 36.5 Å². The summed E-state index contributed by atoms with van der Waals surface area (Å²) in [5.74, 6) is 4.77. The first-order chi connectivity index (χ1) is 14.2. The van der Waals surface area contributed by atoms with Gasteiger partial charge in [0.15, 0.2) is 0 Å². The van der Waals surface area contributed by atoms with Crippen molar-refractivity contribution in [1.82, 2.24) is 0 Å². The standard InChI is InChI=1S/C29H48O/c1-7-21(19(2)3)9-8-20(4)25-12-13-26-24-11-10-22-18-23(30)14-16-28(22,5)27(24)15-17-29(25,26)6/h7,11,19-20,22-23,25-27,30H,8-10,12-18H2,1-6H3/b21-7-/t20?,22-,23-,25+,26-,27-,28-,29+/m0/s1. The second-order valence-corrected chi connectivity index (χ2v) is 12.4. The van der Waals surface area contributed by atoms with E-state index in [9.17, 15) is 5.11 Å². The molecule has 0 aromatic carbocycles. The number of aliphatic hydroxyl groups is 1. The molecule has 0 bridgehead atoms. The normalized spacial score (nSPS) is 44.9. The van der Waals surface area contributed by atoms with Crippen molar-refractivity contribution < 1.29 is 5.11 Å². The minimum atomic E-state index is -0.0449. The molecule has 0 aliphatic heterocycles. The van der Waals surface area contributed by atoms with Crippen molar-refractivity contribution in [2.24, 2.45) is 46.3 Å². The Kier molecular flexibility index (Phi) is 6.35. The van der Waals surface area contributed by atoms with Crippen molar-refractivity contribution >= 4 is 0 Å². The SMILES string of the molecule is C/C=C(/CCC(C)[C@H]1CC[C@H]2C3=CC[C@H]4C[C@@H](O)CC[C@]4(C)[C@H]3CC[C@]12C)C(C)C. The van der Waals surface area contributed by atoms with Crippen LogP contribution in [0.4, 0.5) is 0 Å². The average molecular weight is 413 g/mol. The highest BCUT2D eigenvalue weighted by atomic mass is 16.3. The maximum atomic E-state index is 10.3. The third kappa shape index (κ3) is 3.66. The van der Waals surface area contributed by atoms with Crippen LogP contribution in [0.15, 0.2) is 23.3 Å². The molecule has 4 aliphatic carbocycles. The summed E-state index contributed by atoms with van der Waals surface area (Å²) in [7, 11) is 0. The lowest BCUT2D eigenvalue weighted by Crippen LogP contribution is -2.49. The molecule has 0 radical (unpaired) electrons. The summed E-state index contributed by atoms with van der Waals surface area (Å²) in [5, 5.41) is 10.3. The van der Waals surface area contributed by atoms with E-state index in [1.165, 1.54) is 51.4 Å².